The zero-order chi connectivity index (χ0) is 6.27. The first-order chi connectivity index (χ1) is 4.36. The molecule has 0 N–H and O–H groups in total. The summed E-state index contributed by atoms with van der Waals surface area (Å²) in [6, 6.07) is 0. The van der Waals surface area contributed by atoms with E-state index in [0.717, 1.165) is 11.8 Å². The molecule has 1 saturated heterocycles. The molecule has 1 saturated carbocycles. The summed E-state index contributed by atoms with van der Waals surface area (Å²) in [7, 11) is 3.95. The summed E-state index contributed by atoms with van der Waals surface area (Å²) in [6.45, 7) is 2.54. The minimum Gasteiger partial charge on any atom is -0.459 e. The van der Waals surface area contributed by atoms with E-state index in [9.17, 15) is 0 Å². The maximum Gasteiger partial charge on any atom is -0.0271 e. The highest BCUT2D eigenvalue weighted by Crippen LogP contribution is 2.36. The van der Waals surface area contributed by atoms with Gasteiger partial charge in [0.15, 0.2) is 0 Å². The van der Waals surface area contributed by atoms with Gasteiger partial charge in [0.1, 0.15) is 0 Å². The van der Waals surface area contributed by atoms with Gasteiger partial charge in [-0.25, -0.2) is 0 Å². The molecular weight excluding hydrogens is 110 g/mol. The van der Waals surface area contributed by atoms with Crippen molar-refractivity contribution in [1.82, 2.24) is 4.90 Å². The van der Waals surface area contributed by atoms with Gasteiger partial charge in [-0.3, -0.25) is 7.05 Å². The Bertz CT molecular complexity index is 99.1. The molecule has 0 aromatic carbocycles. The van der Waals surface area contributed by atoms with Crippen molar-refractivity contribution < 1.29 is 0 Å². The van der Waals surface area contributed by atoms with Gasteiger partial charge in [0, 0.05) is 0 Å². The number of fused-ring (bicyclic) bond motifs is 1. The molecule has 2 rings (SSSR count). The van der Waals surface area contributed by atoms with Gasteiger partial charge in [-0.05, 0) is 37.8 Å². The molecule has 0 aromatic heterocycles. The second kappa shape index (κ2) is 1.98. The standard InChI is InChI=1S/C8H14N/c1-9-5-7-3-2-4-8(7)6-9/h7-8H,1-6H2/q-1/t7-,8+. The van der Waals surface area contributed by atoms with Gasteiger partial charge >= 0.3 is 0 Å². The lowest BCUT2D eigenvalue weighted by molar-refractivity contribution is 0.416. The Hall–Kier alpha value is -0.0400. The number of nitrogens with zero attached hydrogens (tertiary/aromatic N) is 1. The zero-order valence-corrected chi connectivity index (χ0v) is 5.84. The highest BCUT2D eigenvalue weighted by Gasteiger charge is 2.31. The van der Waals surface area contributed by atoms with E-state index in [-0.39, 0.29) is 0 Å². The lowest BCUT2D eigenvalue weighted by Gasteiger charge is -2.16. The van der Waals surface area contributed by atoms with Gasteiger partial charge in [0.2, 0.25) is 0 Å². The molecular formula is C8H14N-. The number of likely N-dealkylation sites (tertiary alicyclic amines) is 1. The Balaban J connectivity index is 2.02. The molecule has 0 radical (unpaired) electrons. The van der Waals surface area contributed by atoms with E-state index < -0.39 is 0 Å². The second-order valence-electron chi connectivity index (χ2n) is 3.49. The van der Waals surface area contributed by atoms with Crippen LogP contribution >= 0.6 is 0 Å². The van der Waals surface area contributed by atoms with Gasteiger partial charge in [-0.1, -0.05) is 6.42 Å². The highest BCUT2D eigenvalue weighted by atomic mass is 15.1. The number of hydrogen-bond donors (Lipinski definition) is 0. The maximum atomic E-state index is 3.95. The molecule has 0 aromatic rings. The van der Waals surface area contributed by atoms with Crippen LogP contribution in [0.1, 0.15) is 19.3 Å². The first kappa shape index (κ1) is 5.72. The number of rotatable bonds is 0. The predicted molar refractivity (Wildman–Crippen MR) is 37.8 cm³/mol. The van der Waals surface area contributed by atoms with Gasteiger partial charge in [-0.2, -0.15) is 0 Å². The average Bonchev–Trinajstić information content (AvgIpc) is 2.22. The van der Waals surface area contributed by atoms with E-state index in [2.05, 4.69) is 11.9 Å². The van der Waals surface area contributed by atoms with E-state index >= 15 is 0 Å². The summed E-state index contributed by atoms with van der Waals surface area (Å²) in [5.41, 5.74) is 0. The quantitative estimate of drug-likeness (QED) is 0.442. The molecule has 1 aliphatic heterocycles. The van der Waals surface area contributed by atoms with Gasteiger partial charge < -0.3 is 4.90 Å². The van der Waals surface area contributed by atoms with E-state index in [1.165, 1.54) is 32.4 Å². The first-order valence-corrected chi connectivity index (χ1v) is 3.92. The summed E-state index contributed by atoms with van der Waals surface area (Å²) in [5, 5.41) is 0. The average molecular weight is 124 g/mol. The molecule has 0 unspecified atom stereocenters. The fraction of sp³-hybridized carbons (Fsp3) is 0.875. The maximum absolute atomic E-state index is 3.95. The van der Waals surface area contributed by atoms with Crippen LogP contribution in [0.4, 0.5) is 0 Å². The summed E-state index contributed by atoms with van der Waals surface area (Å²) in [6.07, 6.45) is 4.41. The molecule has 2 atom stereocenters. The van der Waals surface area contributed by atoms with Crippen molar-refractivity contribution in [2.24, 2.45) is 11.8 Å². The van der Waals surface area contributed by atoms with E-state index in [1.54, 1.807) is 0 Å². The second-order valence-corrected chi connectivity index (χ2v) is 3.49. The van der Waals surface area contributed by atoms with Crippen LogP contribution in [0.5, 0.6) is 0 Å². The SMILES string of the molecule is [CH2-]N1C[C@H]2CCC[C@H]2C1. The van der Waals surface area contributed by atoms with Crippen molar-refractivity contribution in [2.75, 3.05) is 13.1 Å². The Morgan fingerprint density at radius 2 is 1.67 bits per heavy atom. The Kier molecular flexibility index (Phi) is 1.26. The van der Waals surface area contributed by atoms with E-state index in [4.69, 9.17) is 0 Å². The molecule has 1 heterocycles. The molecule has 1 aliphatic carbocycles. The van der Waals surface area contributed by atoms with E-state index in [1.807, 2.05) is 0 Å². The van der Waals surface area contributed by atoms with Crippen LogP contribution in [0, 0.1) is 18.9 Å². The molecule has 0 amide bonds. The summed E-state index contributed by atoms with van der Waals surface area (Å²) < 4.78 is 0. The largest absolute Gasteiger partial charge is 0.459 e. The fourth-order valence-corrected chi connectivity index (χ4v) is 2.33. The lowest BCUT2D eigenvalue weighted by Crippen LogP contribution is -2.11. The fourth-order valence-electron chi connectivity index (χ4n) is 2.33. The van der Waals surface area contributed by atoms with Crippen LogP contribution in [0.3, 0.4) is 0 Å². The first-order valence-electron chi connectivity index (χ1n) is 3.92. The smallest absolute Gasteiger partial charge is 0.0271 e. The molecule has 1 heteroatoms. The van der Waals surface area contributed by atoms with Gasteiger partial charge in [-0.15, -0.1) is 0 Å². The zero-order valence-electron chi connectivity index (χ0n) is 5.84. The van der Waals surface area contributed by atoms with Crippen molar-refractivity contribution in [1.29, 1.82) is 0 Å². The third kappa shape index (κ3) is 0.877. The van der Waals surface area contributed by atoms with Crippen molar-refractivity contribution in [3.8, 4) is 0 Å². The van der Waals surface area contributed by atoms with Crippen molar-refractivity contribution in [3.63, 3.8) is 0 Å². The Morgan fingerprint density at radius 3 is 2.22 bits per heavy atom. The summed E-state index contributed by atoms with van der Waals surface area (Å²) in [4.78, 5) is 2.23. The summed E-state index contributed by atoms with van der Waals surface area (Å²) >= 11 is 0. The van der Waals surface area contributed by atoms with Crippen LogP contribution in [-0.4, -0.2) is 18.0 Å². The predicted octanol–water partition coefficient (Wildman–Crippen LogP) is 1.51. The highest BCUT2D eigenvalue weighted by molar-refractivity contribution is 4.87. The van der Waals surface area contributed by atoms with Crippen molar-refractivity contribution in [3.05, 3.63) is 7.05 Å². The molecule has 0 bridgehead atoms. The molecule has 9 heavy (non-hydrogen) atoms. The molecule has 2 fully saturated rings. The normalized spacial score (nSPS) is 43.7. The Labute approximate surface area is 57.0 Å². The van der Waals surface area contributed by atoms with Crippen LogP contribution < -0.4 is 0 Å². The van der Waals surface area contributed by atoms with E-state index in [0.29, 0.717) is 0 Å². The molecule has 0 spiro atoms. The van der Waals surface area contributed by atoms with Crippen LogP contribution in [0.2, 0.25) is 0 Å². The molecule has 2 aliphatic rings. The topological polar surface area (TPSA) is 3.24 Å². The van der Waals surface area contributed by atoms with Crippen LogP contribution in [0.15, 0.2) is 0 Å². The summed E-state index contributed by atoms with van der Waals surface area (Å²) in [5.74, 6) is 2.03. The third-order valence-electron chi connectivity index (χ3n) is 2.80. The van der Waals surface area contributed by atoms with Gasteiger partial charge in [0.25, 0.3) is 0 Å². The Morgan fingerprint density at radius 1 is 1.11 bits per heavy atom. The lowest BCUT2D eigenvalue weighted by atomic mass is 10.0. The molecule has 1 nitrogen and oxygen atoms in total. The van der Waals surface area contributed by atoms with Crippen molar-refractivity contribution >= 4 is 0 Å². The van der Waals surface area contributed by atoms with Crippen molar-refractivity contribution in [2.45, 2.75) is 19.3 Å². The van der Waals surface area contributed by atoms with Crippen LogP contribution in [-0.2, 0) is 0 Å². The molecule has 52 valence electrons. The van der Waals surface area contributed by atoms with Crippen LogP contribution in [0.25, 0.3) is 0 Å². The van der Waals surface area contributed by atoms with Gasteiger partial charge in [0.05, 0.1) is 0 Å². The third-order valence-corrected chi connectivity index (χ3v) is 2.80. The number of hydrogen-bond acceptors (Lipinski definition) is 1. The monoisotopic (exact) mass is 124 g/mol. The minimum absolute atomic E-state index is 1.02. The minimum atomic E-state index is 1.02.